The summed E-state index contributed by atoms with van der Waals surface area (Å²) >= 11 is 1.62. The average Bonchev–Trinajstić information content (AvgIpc) is 3.03. The van der Waals surface area contributed by atoms with E-state index in [1.807, 2.05) is 47.0 Å². The minimum atomic E-state index is -0.640. The molecule has 5 heteroatoms. The number of thioether (sulfide) groups is 1. The summed E-state index contributed by atoms with van der Waals surface area (Å²) in [6.45, 7) is 2.37. The van der Waals surface area contributed by atoms with Gasteiger partial charge in [0.05, 0.1) is 31.1 Å². The lowest BCUT2D eigenvalue weighted by Gasteiger charge is -2.16. The topological polar surface area (TPSA) is 58.3 Å². The largest absolute Gasteiger partial charge is 0.390 e. The molecule has 2 aromatic carbocycles. The zero-order valence-corrected chi connectivity index (χ0v) is 15.0. The van der Waals surface area contributed by atoms with Crippen LogP contribution in [0.5, 0.6) is 0 Å². The Bertz CT molecular complexity index is 818. The first-order valence-electron chi connectivity index (χ1n) is 8.24. The fraction of sp³-hybridized carbons (Fsp3) is 0.250. The van der Waals surface area contributed by atoms with Crippen molar-refractivity contribution in [1.29, 1.82) is 0 Å². The van der Waals surface area contributed by atoms with Crippen molar-refractivity contribution < 1.29 is 10.2 Å². The SMILES string of the molecule is Cc1ccccc1CSc1ncc(CO)n1CC(O)c1ccccc1. The normalized spacial score (nSPS) is 12.3. The maximum Gasteiger partial charge on any atom is 0.168 e. The molecule has 3 rings (SSSR count). The molecule has 25 heavy (non-hydrogen) atoms. The van der Waals surface area contributed by atoms with Gasteiger partial charge in [-0.05, 0) is 23.6 Å². The Morgan fingerprint density at radius 1 is 1.08 bits per heavy atom. The van der Waals surface area contributed by atoms with Gasteiger partial charge in [0.2, 0.25) is 0 Å². The van der Waals surface area contributed by atoms with E-state index in [4.69, 9.17) is 0 Å². The van der Waals surface area contributed by atoms with E-state index in [-0.39, 0.29) is 6.61 Å². The maximum atomic E-state index is 10.5. The number of nitrogens with zero attached hydrogens (tertiary/aromatic N) is 2. The lowest BCUT2D eigenvalue weighted by molar-refractivity contribution is 0.148. The van der Waals surface area contributed by atoms with Crippen LogP contribution >= 0.6 is 11.8 Å². The number of rotatable bonds is 7. The highest BCUT2D eigenvalue weighted by Gasteiger charge is 2.15. The monoisotopic (exact) mass is 354 g/mol. The van der Waals surface area contributed by atoms with Gasteiger partial charge < -0.3 is 14.8 Å². The molecule has 0 amide bonds. The van der Waals surface area contributed by atoms with Crippen molar-refractivity contribution in [2.45, 2.75) is 37.1 Å². The minimum Gasteiger partial charge on any atom is -0.390 e. The zero-order valence-electron chi connectivity index (χ0n) is 14.2. The van der Waals surface area contributed by atoms with Crippen molar-refractivity contribution in [2.75, 3.05) is 0 Å². The number of benzene rings is 2. The van der Waals surface area contributed by atoms with Crippen LogP contribution in [-0.2, 0) is 18.9 Å². The molecule has 0 radical (unpaired) electrons. The van der Waals surface area contributed by atoms with Crippen LogP contribution < -0.4 is 0 Å². The third kappa shape index (κ3) is 4.31. The van der Waals surface area contributed by atoms with Gasteiger partial charge in [-0.2, -0.15) is 0 Å². The van der Waals surface area contributed by atoms with E-state index in [2.05, 4.69) is 24.0 Å². The summed E-state index contributed by atoms with van der Waals surface area (Å²) in [5, 5.41) is 20.9. The molecule has 0 saturated heterocycles. The van der Waals surface area contributed by atoms with Crippen LogP contribution in [0.1, 0.15) is 28.5 Å². The second-order valence-electron chi connectivity index (χ2n) is 5.94. The number of aliphatic hydroxyl groups excluding tert-OH is 2. The molecule has 0 fully saturated rings. The van der Waals surface area contributed by atoms with Crippen molar-refractivity contribution in [3.63, 3.8) is 0 Å². The number of hydrogen-bond acceptors (Lipinski definition) is 4. The van der Waals surface area contributed by atoms with E-state index in [0.29, 0.717) is 12.2 Å². The molecule has 0 aliphatic heterocycles. The van der Waals surface area contributed by atoms with Crippen LogP contribution in [0.15, 0.2) is 66.0 Å². The first-order chi connectivity index (χ1) is 12.2. The van der Waals surface area contributed by atoms with Gasteiger partial charge in [0.1, 0.15) is 0 Å². The molecule has 4 nitrogen and oxygen atoms in total. The molecule has 1 aromatic heterocycles. The third-order valence-corrected chi connectivity index (χ3v) is 5.26. The smallest absolute Gasteiger partial charge is 0.168 e. The van der Waals surface area contributed by atoms with Crippen molar-refractivity contribution in [3.8, 4) is 0 Å². The minimum absolute atomic E-state index is 0.0978. The highest BCUT2D eigenvalue weighted by molar-refractivity contribution is 7.98. The molecule has 0 aliphatic rings. The number of aromatic nitrogens is 2. The number of aliphatic hydroxyl groups is 2. The van der Waals surface area contributed by atoms with E-state index in [1.54, 1.807) is 18.0 Å². The molecule has 0 aliphatic carbocycles. The number of aryl methyl sites for hydroxylation is 1. The Morgan fingerprint density at radius 2 is 1.80 bits per heavy atom. The molecule has 0 bridgehead atoms. The lowest BCUT2D eigenvalue weighted by Crippen LogP contribution is -2.12. The van der Waals surface area contributed by atoms with Crippen molar-refractivity contribution >= 4 is 11.8 Å². The highest BCUT2D eigenvalue weighted by atomic mass is 32.2. The van der Waals surface area contributed by atoms with Crippen LogP contribution in [0.3, 0.4) is 0 Å². The van der Waals surface area contributed by atoms with Gasteiger partial charge in [0.15, 0.2) is 5.16 Å². The van der Waals surface area contributed by atoms with Crippen molar-refractivity contribution in [3.05, 3.63) is 83.2 Å². The van der Waals surface area contributed by atoms with Gasteiger partial charge in [0.25, 0.3) is 0 Å². The van der Waals surface area contributed by atoms with Gasteiger partial charge in [-0.15, -0.1) is 0 Å². The molecule has 2 N–H and O–H groups in total. The maximum absolute atomic E-state index is 10.5. The summed E-state index contributed by atoms with van der Waals surface area (Å²) in [6.07, 6.45) is 1.04. The third-order valence-electron chi connectivity index (χ3n) is 4.22. The first kappa shape index (κ1) is 17.7. The number of hydrogen-bond donors (Lipinski definition) is 2. The predicted octanol–water partition coefficient (Wildman–Crippen LogP) is 3.71. The summed E-state index contributed by atoms with van der Waals surface area (Å²) < 4.78 is 1.90. The fourth-order valence-corrected chi connectivity index (χ4v) is 3.78. The van der Waals surface area contributed by atoms with Crippen LogP contribution in [-0.4, -0.2) is 19.8 Å². The molecule has 1 heterocycles. The summed E-state index contributed by atoms with van der Waals surface area (Å²) in [5.41, 5.74) is 4.08. The van der Waals surface area contributed by atoms with E-state index in [9.17, 15) is 10.2 Å². The van der Waals surface area contributed by atoms with Gasteiger partial charge in [-0.25, -0.2) is 4.98 Å². The Balaban J connectivity index is 1.77. The Labute approximate surface area is 152 Å². The highest BCUT2D eigenvalue weighted by Crippen LogP contribution is 2.26. The summed E-state index contributed by atoms with van der Waals surface area (Å²) in [5.74, 6) is 0.802. The van der Waals surface area contributed by atoms with Crippen LogP contribution in [0, 0.1) is 6.92 Å². The van der Waals surface area contributed by atoms with Crippen LogP contribution in [0.2, 0.25) is 0 Å². The molecule has 130 valence electrons. The van der Waals surface area contributed by atoms with E-state index in [1.165, 1.54) is 11.1 Å². The van der Waals surface area contributed by atoms with Gasteiger partial charge >= 0.3 is 0 Å². The molecule has 1 atom stereocenters. The fourth-order valence-electron chi connectivity index (χ4n) is 2.70. The Morgan fingerprint density at radius 3 is 2.52 bits per heavy atom. The second-order valence-corrected chi connectivity index (χ2v) is 6.88. The van der Waals surface area contributed by atoms with Crippen LogP contribution in [0.4, 0.5) is 0 Å². The Kier molecular flexibility index (Phi) is 5.91. The van der Waals surface area contributed by atoms with Crippen molar-refractivity contribution in [2.24, 2.45) is 0 Å². The van der Waals surface area contributed by atoms with E-state index >= 15 is 0 Å². The number of imidazole rings is 1. The Hall–Kier alpha value is -2.08. The van der Waals surface area contributed by atoms with E-state index in [0.717, 1.165) is 16.5 Å². The second kappa shape index (κ2) is 8.34. The lowest BCUT2D eigenvalue weighted by atomic mass is 10.1. The standard InChI is InChI=1S/C20H22N2O2S/c1-15-7-5-6-10-17(15)14-25-20-21-11-18(13-23)22(20)12-19(24)16-8-3-2-4-9-16/h2-11,19,23-24H,12-14H2,1H3. The average molecular weight is 354 g/mol. The van der Waals surface area contributed by atoms with Crippen molar-refractivity contribution in [1.82, 2.24) is 9.55 Å². The molecule has 3 aromatic rings. The molecule has 1 unspecified atom stereocenters. The predicted molar refractivity (Wildman–Crippen MR) is 100 cm³/mol. The van der Waals surface area contributed by atoms with Crippen LogP contribution in [0.25, 0.3) is 0 Å². The zero-order chi connectivity index (χ0) is 17.6. The molecule has 0 saturated carbocycles. The summed E-state index contributed by atoms with van der Waals surface area (Å²) in [6, 6.07) is 17.8. The molecular formula is C20H22N2O2S. The molecular weight excluding hydrogens is 332 g/mol. The summed E-state index contributed by atoms with van der Waals surface area (Å²) in [7, 11) is 0. The van der Waals surface area contributed by atoms with Gasteiger partial charge in [0, 0.05) is 5.75 Å². The molecule has 0 spiro atoms. The van der Waals surface area contributed by atoms with Gasteiger partial charge in [-0.1, -0.05) is 66.4 Å². The van der Waals surface area contributed by atoms with Gasteiger partial charge in [-0.3, -0.25) is 0 Å². The summed E-state index contributed by atoms with van der Waals surface area (Å²) in [4.78, 5) is 4.43. The first-order valence-corrected chi connectivity index (χ1v) is 9.23. The quantitative estimate of drug-likeness (QED) is 0.635. The van der Waals surface area contributed by atoms with E-state index < -0.39 is 6.10 Å².